The zero-order chi connectivity index (χ0) is 12.3. The molecule has 0 heteroatoms. The number of rotatable bonds is 11. The Balaban J connectivity index is 4.28. The number of hydrogen-bond acceptors (Lipinski definition) is 0. The second-order valence-corrected chi connectivity index (χ2v) is 4.79. The van der Waals surface area contributed by atoms with Crippen LogP contribution >= 0.6 is 0 Å². The van der Waals surface area contributed by atoms with Gasteiger partial charge in [0.2, 0.25) is 0 Å². The highest BCUT2D eigenvalue weighted by Gasteiger charge is 2.25. The Morgan fingerprint density at radius 1 is 0.812 bits per heavy atom. The normalized spacial score (nSPS) is 11.1. The summed E-state index contributed by atoms with van der Waals surface area (Å²) in [6, 6.07) is 0. The summed E-state index contributed by atoms with van der Waals surface area (Å²) in [6.07, 6.45) is 16.0. The summed E-state index contributed by atoms with van der Waals surface area (Å²) in [4.78, 5) is 0. The first-order valence-corrected chi connectivity index (χ1v) is 6.57. The van der Waals surface area contributed by atoms with Crippen LogP contribution in [-0.4, -0.2) is 0 Å². The minimum Gasteiger partial charge on any atom is -0.103 e. The van der Waals surface area contributed by atoms with Gasteiger partial charge in [-0.2, -0.15) is 0 Å². The maximum Gasteiger partial charge on any atom is -0.0194 e. The molecule has 0 aromatic carbocycles. The Hall–Kier alpha value is -0.780. The van der Waals surface area contributed by atoms with Crippen LogP contribution in [0.25, 0.3) is 0 Å². The van der Waals surface area contributed by atoms with E-state index in [1.165, 1.54) is 32.1 Å². The van der Waals surface area contributed by atoms with Crippen molar-refractivity contribution in [1.29, 1.82) is 0 Å². The van der Waals surface area contributed by atoms with Crippen molar-refractivity contribution in [2.24, 2.45) is 5.41 Å². The van der Waals surface area contributed by atoms with Crippen molar-refractivity contribution in [3.8, 4) is 0 Å². The average Bonchev–Trinajstić information content (AvgIpc) is 2.26. The monoisotopic (exact) mass is 220 g/mol. The van der Waals surface area contributed by atoms with Crippen molar-refractivity contribution < 1.29 is 0 Å². The Bertz CT molecular complexity index is 174. The molecule has 0 rings (SSSR count). The first-order chi connectivity index (χ1) is 7.74. The van der Waals surface area contributed by atoms with E-state index in [0.29, 0.717) is 5.41 Å². The second kappa shape index (κ2) is 9.45. The van der Waals surface area contributed by atoms with E-state index in [2.05, 4.69) is 26.7 Å². The van der Waals surface area contributed by atoms with Gasteiger partial charge < -0.3 is 0 Å². The van der Waals surface area contributed by atoms with Gasteiger partial charge in [-0.1, -0.05) is 50.8 Å². The van der Waals surface area contributed by atoms with Gasteiger partial charge in [-0.15, -0.1) is 19.7 Å². The third kappa shape index (κ3) is 5.95. The van der Waals surface area contributed by atoms with Crippen LogP contribution in [0.15, 0.2) is 38.0 Å². The molecule has 0 aliphatic rings. The van der Waals surface area contributed by atoms with Gasteiger partial charge in [0, 0.05) is 0 Å². The van der Waals surface area contributed by atoms with Gasteiger partial charge in [-0.3, -0.25) is 0 Å². The van der Waals surface area contributed by atoms with Crippen molar-refractivity contribution in [1.82, 2.24) is 0 Å². The molecule has 0 saturated carbocycles. The lowest BCUT2D eigenvalue weighted by atomic mass is 9.74. The molecular formula is C16H28. The van der Waals surface area contributed by atoms with E-state index >= 15 is 0 Å². The molecular weight excluding hydrogens is 192 g/mol. The van der Waals surface area contributed by atoms with Crippen LogP contribution in [-0.2, 0) is 0 Å². The van der Waals surface area contributed by atoms with Crippen molar-refractivity contribution in [2.45, 2.75) is 58.3 Å². The quantitative estimate of drug-likeness (QED) is 0.311. The zero-order valence-electron chi connectivity index (χ0n) is 11.0. The molecule has 16 heavy (non-hydrogen) atoms. The molecule has 0 spiro atoms. The summed E-state index contributed by atoms with van der Waals surface area (Å²) >= 11 is 0. The highest BCUT2D eigenvalue weighted by molar-refractivity contribution is 4.95. The third-order valence-corrected chi connectivity index (χ3v) is 3.29. The molecule has 0 aliphatic heterocycles. The smallest absolute Gasteiger partial charge is 0.0194 e. The predicted molar refractivity (Wildman–Crippen MR) is 75.6 cm³/mol. The Kier molecular flexibility index (Phi) is 8.99. The van der Waals surface area contributed by atoms with E-state index in [1.807, 2.05) is 18.2 Å². The highest BCUT2D eigenvalue weighted by atomic mass is 14.3. The van der Waals surface area contributed by atoms with E-state index in [9.17, 15) is 0 Å². The number of hydrogen-bond donors (Lipinski definition) is 0. The fraction of sp³-hybridized carbons (Fsp3) is 0.625. The SMILES string of the molecule is C=CCC(CC=C)(CC=C)CCCCCC. The first-order valence-electron chi connectivity index (χ1n) is 6.57. The van der Waals surface area contributed by atoms with E-state index in [-0.39, 0.29) is 0 Å². The van der Waals surface area contributed by atoms with Crippen LogP contribution in [0.5, 0.6) is 0 Å². The molecule has 0 heterocycles. The average molecular weight is 220 g/mol. The van der Waals surface area contributed by atoms with E-state index in [0.717, 1.165) is 19.3 Å². The summed E-state index contributed by atoms with van der Waals surface area (Å²) in [5.41, 5.74) is 0.346. The molecule has 0 bridgehead atoms. The van der Waals surface area contributed by atoms with Crippen molar-refractivity contribution in [3.05, 3.63) is 38.0 Å². The molecule has 0 unspecified atom stereocenters. The molecule has 0 amide bonds. The predicted octanol–water partition coefficient (Wildman–Crippen LogP) is 5.67. The summed E-state index contributed by atoms with van der Waals surface area (Å²) in [5.74, 6) is 0. The largest absolute Gasteiger partial charge is 0.103 e. The summed E-state index contributed by atoms with van der Waals surface area (Å²) < 4.78 is 0. The van der Waals surface area contributed by atoms with Crippen LogP contribution < -0.4 is 0 Å². The molecule has 0 radical (unpaired) electrons. The number of allylic oxidation sites excluding steroid dienone is 3. The van der Waals surface area contributed by atoms with Gasteiger partial charge >= 0.3 is 0 Å². The minimum atomic E-state index is 0.346. The Labute approximate surface area is 102 Å². The van der Waals surface area contributed by atoms with Crippen molar-refractivity contribution in [2.75, 3.05) is 0 Å². The van der Waals surface area contributed by atoms with Crippen LogP contribution in [0.1, 0.15) is 58.3 Å². The first kappa shape index (κ1) is 15.2. The van der Waals surface area contributed by atoms with E-state index in [1.54, 1.807) is 0 Å². The topological polar surface area (TPSA) is 0 Å². The molecule has 0 N–H and O–H groups in total. The maximum absolute atomic E-state index is 3.89. The standard InChI is InChI=1S/C16H28/c1-5-9-10-11-15-16(12-6-2,13-7-3)14-8-4/h6-8H,2-5,9-15H2,1H3. The Morgan fingerprint density at radius 2 is 1.31 bits per heavy atom. The van der Waals surface area contributed by atoms with Crippen LogP contribution in [0, 0.1) is 5.41 Å². The summed E-state index contributed by atoms with van der Waals surface area (Å²) in [5, 5.41) is 0. The molecule has 0 aromatic heterocycles. The van der Waals surface area contributed by atoms with Crippen molar-refractivity contribution in [3.63, 3.8) is 0 Å². The van der Waals surface area contributed by atoms with Gasteiger partial charge in [0.1, 0.15) is 0 Å². The van der Waals surface area contributed by atoms with E-state index < -0.39 is 0 Å². The van der Waals surface area contributed by atoms with Gasteiger partial charge in [-0.25, -0.2) is 0 Å². The second-order valence-electron chi connectivity index (χ2n) is 4.79. The van der Waals surface area contributed by atoms with Gasteiger partial charge in [-0.05, 0) is 31.1 Å². The van der Waals surface area contributed by atoms with Gasteiger partial charge in [0.25, 0.3) is 0 Å². The molecule has 0 fully saturated rings. The molecule has 0 saturated heterocycles. The molecule has 0 atom stereocenters. The fourth-order valence-electron chi connectivity index (χ4n) is 2.40. The van der Waals surface area contributed by atoms with E-state index in [4.69, 9.17) is 0 Å². The van der Waals surface area contributed by atoms with Gasteiger partial charge in [0.15, 0.2) is 0 Å². The lowest BCUT2D eigenvalue weighted by molar-refractivity contribution is 0.261. The summed E-state index contributed by atoms with van der Waals surface area (Å²) in [7, 11) is 0. The lowest BCUT2D eigenvalue weighted by Gasteiger charge is -2.31. The van der Waals surface area contributed by atoms with Crippen LogP contribution in [0.2, 0.25) is 0 Å². The molecule has 0 nitrogen and oxygen atoms in total. The molecule has 0 aromatic rings. The molecule has 92 valence electrons. The van der Waals surface area contributed by atoms with Crippen LogP contribution in [0.3, 0.4) is 0 Å². The lowest BCUT2D eigenvalue weighted by Crippen LogP contribution is -2.18. The van der Waals surface area contributed by atoms with Gasteiger partial charge in [0.05, 0.1) is 0 Å². The van der Waals surface area contributed by atoms with Crippen molar-refractivity contribution >= 4 is 0 Å². The number of unbranched alkanes of at least 4 members (excludes halogenated alkanes) is 3. The fourth-order valence-corrected chi connectivity index (χ4v) is 2.40. The van der Waals surface area contributed by atoms with Crippen LogP contribution in [0.4, 0.5) is 0 Å². The minimum absolute atomic E-state index is 0.346. The summed E-state index contributed by atoms with van der Waals surface area (Å²) in [6.45, 7) is 13.9. The molecule has 0 aliphatic carbocycles. The third-order valence-electron chi connectivity index (χ3n) is 3.29. The highest BCUT2D eigenvalue weighted by Crippen LogP contribution is 2.37. The maximum atomic E-state index is 3.89. The zero-order valence-corrected chi connectivity index (χ0v) is 11.0. The Morgan fingerprint density at radius 3 is 1.69 bits per heavy atom.